The van der Waals surface area contributed by atoms with Crippen LogP contribution in [0.2, 0.25) is 0 Å². The largest absolute Gasteiger partial charge is 0.494 e. The number of rotatable bonds is 8. The van der Waals surface area contributed by atoms with Crippen LogP contribution >= 0.6 is 0 Å². The van der Waals surface area contributed by atoms with Gasteiger partial charge in [-0.15, -0.1) is 0 Å². The number of carbonyl (C=O) groups excluding carboxylic acids is 1. The molecule has 2 aromatic rings. The van der Waals surface area contributed by atoms with Crippen molar-refractivity contribution in [3.63, 3.8) is 0 Å². The Balaban J connectivity index is 2.04. The molecule has 1 amide bonds. The molecule has 1 N–H and O–H groups in total. The second kappa shape index (κ2) is 10.0. The molecule has 0 spiro atoms. The van der Waals surface area contributed by atoms with E-state index in [1.807, 2.05) is 73.6 Å². The van der Waals surface area contributed by atoms with E-state index in [4.69, 9.17) is 4.74 Å². The Morgan fingerprint density at radius 2 is 1.81 bits per heavy atom. The lowest BCUT2D eigenvalue weighted by Crippen LogP contribution is -2.14. The fourth-order valence-electron chi connectivity index (χ4n) is 2.35. The first-order valence-corrected chi connectivity index (χ1v) is 8.97. The van der Waals surface area contributed by atoms with Gasteiger partial charge in [-0.1, -0.05) is 25.5 Å². The van der Waals surface area contributed by atoms with Gasteiger partial charge in [0.15, 0.2) is 0 Å². The average Bonchev–Trinajstić information content (AvgIpc) is 2.67. The van der Waals surface area contributed by atoms with Crippen molar-refractivity contribution in [3.8, 4) is 11.8 Å². The maximum atomic E-state index is 12.4. The summed E-state index contributed by atoms with van der Waals surface area (Å²) in [6.45, 7) is 2.80. The quantitative estimate of drug-likeness (QED) is 0.427. The summed E-state index contributed by atoms with van der Waals surface area (Å²) < 4.78 is 5.62. The van der Waals surface area contributed by atoms with Crippen molar-refractivity contribution >= 4 is 23.4 Å². The number of hydrogen-bond donors (Lipinski definition) is 1. The second-order valence-electron chi connectivity index (χ2n) is 6.34. The van der Waals surface area contributed by atoms with Gasteiger partial charge < -0.3 is 15.0 Å². The summed E-state index contributed by atoms with van der Waals surface area (Å²) in [5.74, 6) is 0.350. The van der Waals surface area contributed by atoms with Crippen LogP contribution in [0, 0.1) is 11.3 Å². The van der Waals surface area contributed by atoms with E-state index in [0.29, 0.717) is 12.3 Å². The molecule has 5 heteroatoms. The van der Waals surface area contributed by atoms with Crippen molar-refractivity contribution in [2.75, 3.05) is 30.9 Å². The number of anilines is 2. The Morgan fingerprint density at radius 1 is 1.15 bits per heavy atom. The van der Waals surface area contributed by atoms with Gasteiger partial charge in [-0.25, -0.2) is 0 Å². The van der Waals surface area contributed by atoms with Crippen LogP contribution in [-0.4, -0.2) is 26.6 Å². The molecule has 0 unspecified atom stereocenters. The first-order valence-electron chi connectivity index (χ1n) is 8.97. The van der Waals surface area contributed by atoms with Gasteiger partial charge in [0.2, 0.25) is 0 Å². The van der Waals surface area contributed by atoms with Gasteiger partial charge in [0.1, 0.15) is 17.4 Å². The summed E-state index contributed by atoms with van der Waals surface area (Å²) >= 11 is 0. The molecule has 0 aromatic heterocycles. The normalized spacial score (nSPS) is 10.8. The highest BCUT2D eigenvalue weighted by Crippen LogP contribution is 2.18. The number of benzene rings is 2. The monoisotopic (exact) mass is 363 g/mol. The number of hydrogen-bond acceptors (Lipinski definition) is 4. The van der Waals surface area contributed by atoms with Crippen LogP contribution in [0.3, 0.4) is 0 Å². The topological polar surface area (TPSA) is 65.4 Å². The Kier molecular flexibility index (Phi) is 7.45. The molecule has 0 fully saturated rings. The van der Waals surface area contributed by atoms with E-state index in [-0.39, 0.29) is 5.57 Å². The van der Waals surface area contributed by atoms with Gasteiger partial charge in [-0.3, -0.25) is 4.79 Å². The number of nitrogens with one attached hydrogen (secondary N) is 1. The van der Waals surface area contributed by atoms with E-state index < -0.39 is 5.91 Å². The van der Waals surface area contributed by atoms with E-state index in [2.05, 4.69) is 12.2 Å². The molecular formula is C22H25N3O2. The van der Waals surface area contributed by atoms with Crippen LogP contribution in [0.5, 0.6) is 5.75 Å². The summed E-state index contributed by atoms with van der Waals surface area (Å²) in [4.78, 5) is 14.3. The Hall–Kier alpha value is -3.26. The van der Waals surface area contributed by atoms with E-state index >= 15 is 0 Å². The zero-order chi connectivity index (χ0) is 19.6. The summed E-state index contributed by atoms with van der Waals surface area (Å²) in [6, 6.07) is 16.7. The van der Waals surface area contributed by atoms with Gasteiger partial charge in [-0.2, -0.15) is 5.26 Å². The lowest BCUT2D eigenvalue weighted by molar-refractivity contribution is -0.112. The first kappa shape index (κ1) is 20.1. The Morgan fingerprint density at radius 3 is 2.37 bits per heavy atom. The fourth-order valence-corrected chi connectivity index (χ4v) is 2.35. The summed E-state index contributed by atoms with van der Waals surface area (Å²) in [5.41, 5.74) is 2.50. The van der Waals surface area contributed by atoms with Crippen molar-refractivity contribution in [3.05, 3.63) is 59.7 Å². The summed E-state index contributed by atoms with van der Waals surface area (Å²) in [5, 5.41) is 12.1. The lowest BCUT2D eigenvalue weighted by atomic mass is 10.1. The molecular weight excluding hydrogens is 338 g/mol. The highest BCUT2D eigenvalue weighted by Gasteiger charge is 2.10. The Labute approximate surface area is 160 Å². The number of nitriles is 1. The molecule has 27 heavy (non-hydrogen) atoms. The van der Waals surface area contributed by atoms with E-state index in [1.165, 1.54) is 0 Å². The first-order chi connectivity index (χ1) is 13.0. The highest BCUT2D eigenvalue weighted by atomic mass is 16.5. The van der Waals surface area contributed by atoms with Gasteiger partial charge >= 0.3 is 0 Å². The van der Waals surface area contributed by atoms with Crippen molar-refractivity contribution in [2.24, 2.45) is 0 Å². The van der Waals surface area contributed by atoms with Gasteiger partial charge in [0, 0.05) is 25.5 Å². The number of ether oxygens (including phenoxy) is 1. The average molecular weight is 363 g/mol. The molecule has 0 saturated carbocycles. The third-order valence-corrected chi connectivity index (χ3v) is 3.96. The molecule has 0 bridgehead atoms. The van der Waals surface area contributed by atoms with Crippen LogP contribution < -0.4 is 15.0 Å². The number of amides is 1. The minimum atomic E-state index is -0.432. The van der Waals surface area contributed by atoms with Gasteiger partial charge in [0.25, 0.3) is 5.91 Å². The predicted molar refractivity (Wildman–Crippen MR) is 110 cm³/mol. The van der Waals surface area contributed by atoms with Crippen molar-refractivity contribution in [1.82, 2.24) is 0 Å². The molecule has 2 rings (SSSR count). The van der Waals surface area contributed by atoms with Crippen molar-refractivity contribution in [2.45, 2.75) is 19.8 Å². The molecule has 0 heterocycles. The summed E-state index contributed by atoms with van der Waals surface area (Å²) in [6.07, 6.45) is 3.66. The Bertz CT molecular complexity index is 816. The SMILES string of the molecule is CCCCOc1ccc(/C=C(\C#N)C(=O)Nc2ccc(N(C)C)cc2)cc1. The minimum Gasteiger partial charge on any atom is -0.494 e. The van der Waals surface area contributed by atoms with E-state index in [1.54, 1.807) is 6.08 Å². The van der Waals surface area contributed by atoms with E-state index in [0.717, 1.165) is 29.8 Å². The van der Waals surface area contributed by atoms with Crippen LogP contribution in [0.25, 0.3) is 6.08 Å². The van der Waals surface area contributed by atoms with E-state index in [9.17, 15) is 10.1 Å². The number of unbranched alkanes of at least 4 members (excludes halogenated alkanes) is 1. The third-order valence-electron chi connectivity index (χ3n) is 3.96. The summed E-state index contributed by atoms with van der Waals surface area (Å²) in [7, 11) is 3.90. The predicted octanol–water partition coefficient (Wildman–Crippen LogP) is 4.48. The van der Waals surface area contributed by atoms with Crippen molar-refractivity contribution < 1.29 is 9.53 Å². The molecule has 0 aliphatic rings. The smallest absolute Gasteiger partial charge is 0.266 e. The molecule has 140 valence electrons. The van der Waals surface area contributed by atoms with Crippen molar-refractivity contribution in [1.29, 1.82) is 5.26 Å². The van der Waals surface area contributed by atoms with Crippen LogP contribution in [-0.2, 0) is 4.79 Å². The third kappa shape index (κ3) is 6.19. The maximum Gasteiger partial charge on any atom is 0.266 e. The van der Waals surface area contributed by atoms with Crippen LogP contribution in [0.4, 0.5) is 11.4 Å². The standard InChI is InChI=1S/C22H25N3O2/c1-4-5-14-27-21-12-6-17(7-13-21)15-18(16-23)22(26)24-19-8-10-20(11-9-19)25(2)3/h6-13,15H,4-5,14H2,1-3H3,(H,24,26)/b18-15+. The van der Waals surface area contributed by atoms with Crippen LogP contribution in [0.15, 0.2) is 54.1 Å². The lowest BCUT2D eigenvalue weighted by Gasteiger charge is -2.13. The van der Waals surface area contributed by atoms with Crippen LogP contribution in [0.1, 0.15) is 25.3 Å². The number of nitrogens with zero attached hydrogens (tertiary/aromatic N) is 2. The highest BCUT2D eigenvalue weighted by molar-refractivity contribution is 6.09. The molecule has 2 aromatic carbocycles. The number of carbonyl (C=O) groups is 1. The zero-order valence-corrected chi connectivity index (χ0v) is 16.0. The molecule has 0 aliphatic heterocycles. The molecule has 0 atom stereocenters. The maximum absolute atomic E-state index is 12.4. The minimum absolute atomic E-state index is 0.0475. The molecule has 0 radical (unpaired) electrons. The second-order valence-corrected chi connectivity index (χ2v) is 6.34. The zero-order valence-electron chi connectivity index (χ0n) is 16.0. The molecule has 0 saturated heterocycles. The molecule has 5 nitrogen and oxygen atoms in total. The van der Waals surface area contributed by atoms with Gasteiger partial charge in [-0.05, 0) is 54.5 Å². The van der Waals surface area contributed by atoms with Gasteiger partial charge in [0.05, 0.1) is 6.61 Å². The fraction of sp³-hybridized carbons (Fsp3) is 0.273. The molecule has 0 aliphatic carbocycles.